The number of rotatable bonds is 3. The van der Waals surface area contributed by atoms with Gasteiger partial charge in [0.25, 0.3) is 5.56 Å². The van der Waals surface area contributed by atoms with Crippen molar-refractivity contribution in [2.75, 3.05) is 0 Å². The van der Waals surface area contributed by atoms with Crippen LogP contribution >= 0.6 is 0 Å². The average molecular weight is 377 g/mol. The first kappa shape index (κ1) is 16.4. The minimum atomic E-state index is -0.628. The molecular formula is C20H13F2N5O. The van der Waals surface area contributed by atoms with Crippen molar-refractivity contribution in [2.45, 2.75) is 6.54 Å². The SMILES string of the molecule is O=c1[nH]nc2c3c(F)ccc(F)c3n(Cc3ccc(-n4cccn4)cc3)cc1-2. The lowest BCUT2D eigenvalue weighted by atomic mass is 10.1. The van der Waals surface area contributed by atoms with Crippen LogP contribution in [-0.2, 0) is 6.54 Å². The molecule has 5 rings (SSSR count). The fourth-order valence-corrected chi connectivity index (χ4v) is 3.41. The number of halogens is 2. The van der Waals surface area contributed by atoms with Crippen molar-refractivity contribution in [3.8, 4) is 16.9 Å². The molecule has 2 aromatic carbocycles. The van der Waals surface area contributed by atoms with Gasteiger partial charge in [-0.2, -0.15) is 10.2 Å². The van der Waals surface area contributed by atoms with Crippen molar-refractivity contribution in [1.82, 2.24) is 24.5 Å². The zero-order chi connectivity index (χ0) is 19.3. The smallest absolute Gasteiger partial charge is 0.275 e. The lowest BCUT2D eigenvalue weighted by Crippen LogP contribution is -2.10. The maximum Gasteiger partial charge on any atom is 0.275 e. The van der Waals surface area contributed by atoms with Gasteiger partial charge in [-0.05, 0) is 35.9 Å². The molecule has 0 fully saturated rings. The summed E-state index contributed by atoms with van der Waals surface area (Å²) in [5, 5.41) is 10.3. The normalized spacial score (nSPS) is 11.5. The summed E-state index contributed by atoms with van der Waals surface area (Å²) in [7, 11) is 0. The molecule has 0 radical (unpaired) electrons. The molecule has 28 heavy (non-hydrogen) atoms. The van der Waals surface area contributed by atoms with E-state index in [-0.39, 0.29) is 28.7 Å². The molecule has 0 unspecified atom stereocenters. The van der Waals surface area contributed by atoms with E-state index in [1.807, 2.05) is 36.5 Å². The topological polar surface area (TPSA) is 68.5 Å². The van der Waals surface area contributed by atoms with E-state index in [2.05, 4.69) is 15.3 Å². The molecule has 0 aliphatic carbocycles. The monoisotopic (exact) mass is 377 g/mol. The van der Waals surface area contributed by atoms with Crippen molar-refractivity contribution < 1.29 is 8.78 Å². The number of benzene rings is 2. The van der Waals surface area contributed by atoms with Crippen LogP contribution < -0.4 is 5.56 Å². The molecule has 0 amide bonds. The largest absolute Gasteiger partial charge is 0.340 e. The molecule has 1 aromatic heterocycles. The number of nitrogens with one attached hydrogen (secondary N) is 1. The van der Waals surface area contributed by atoms with Gasteiger partial charge in [0.05, 0.1) is 22.2 Å². The van der Waals surface area contributed by atoms with E-state index in [9.17, 15) is 13.6 Å². The van der Waals surface area contributed by atoms with Crippen LogP contribution in [0.3, 0.4) is 0 Å². The van der Waals surface area contributed by atoms with E-state index in [1.54, 1.807) is 10.9 Å². The van der Waals surface area contributed by atoms with E-state index in [0.717, 1.165) is 23.4 Å². The summed E-state index contributed by atoms with van der Waals surface area (Å²) in [6, 6.07) is 11.5. The summed E-state index contributed by atoms with van der Waals surface area (Å²) < 4.78 is 32.3. The van der Waals surface area contributed by atoms with Gasteiger partial charge in [-0.1, -0.05) is 12.1 Å². The molecule has 3 aromatic rings. The maximum absolute atomic E-state index is 14.6. The highest BCUT2D eigenvalue weighted by molar-refractivity contribution is 5.94. The van der Waals surface area contributed by atoms with Gasteiger partial charge in [0.1, 0.15) is 17.3 Å². The van der Waals surface area contributed by atoms with Crippen LogP contribution in [-0.4, -0.2) is 24.5 Å². The minimum absolute atomic E-state index is 0.0102. The Morgan fingerprint density at radius 3 is 2.57 bits per heavy atom. The molecule has 0 saturated heterocycles. The maximum atomic E-state index is 14.6. The van der Waals surface area contributed by atoms with Gasteiger partial charge in [-0.25, -0.2) is 18.6 Å². The van der Waals surface area contributed by atoms with Crippen LogP contribution in [0.25, 0.3) is 27.8 Å². The van der Waals surface area contributed by atoms with Gasteiger partial charge in [0.2, 0.25) is 0 Å². The van der Waals surface area contributed by atoms with Crippen molar-refractivity contribution in [2.24, 2.45) is 0 Å². The van der Waals surface area contributed by atoms with E-state index in [1.165, 1.54) is 10.8 Å². The second-order valence-corrected chi connectivity index (χ2v) is 6.44. The Balaban J connectivity index is 1.66. The van der Waals surface area contributed by atoms with Crippen molar-refractivity contribution in [3.63, 3.8) is 0 Å². The molecule has 1 N–H and O–H groups in total. The van der Waals surface area contributed by atoms with Crippen molar-refractivity contribution >= 4 is 10.9 Å². The second kappa shape index (κ2) is 6.12. The fraction of sp³-hybridized carbons (Fsp3) is 0.0500. The van der Waals surface area contributed by atoms with Crippen LogP contribution in [0.15, 0.2) is 65.8 Å². The predicted molar refractivity (Wildman–Crippen MR) is 99.6 cm³/mol. The van der Waals surface area contributed by atoms with Crippen molar-refractivity contribution in [3.05, 3.63) is 88.6 Å². The number of nitrogens with zero attached hydrogens (tertiary/aromatic N) is 4. The molecule has 2 aliphatic rings. The Morgan fingerprint density at radius 2 is 1.82 bits per heavy atom. The molecule has 3 heterocycles. The molecule has 0 saturated carbocycles. The number of aromatic nitrogens is 5. The Bertz CT molecular complexity index is 1320. The molecule has 8 heteroatoms. The number of pyridine rings is 1. The third-order valence-corrected chi connectivity index (χ3v) is 4.71. The van der Waals surface area contributed by atoms with E-state index in [4.69, 9.17) is 0 Å². The zero-order valence-electron chi connectivity index (χ0n) is 14.4. The Kier molecular flexibility index (Phi) is 3.58. The molecular weight excluding hydrogens is 364 g/mol. The standard InChI is InChI=1S/C20H13F2N5O/c21-15-6-7-16(22)19-17(15)18-14(20(28)25-24-18)11-26(19)10-12-2-4-13(5-3-12)27-9-1-8-23-27/h1-9,11H,10H2,(H,25,28). The van der Waals surface area contributed by atoms with Gasteiger partial charge in [-0.3, -0.25) is 4.79 Å². The summed E-state index contributed by atoms with van der Waals surface area (Å²) >= 11 is 0. The first-order valence-corrected chi connectivity index (χ1v) is 8.56. The molecule has 0 spiro atoms. The number of fused-ring (bicyclic) bond motifs is 3. The minimum Gasteiger partial charge on any atom is -0.340 e. The van der Waals surface area contributed by atoms with Crippen LogP contribution in [0, 0.1) is 11.6 Å². The summed E-state index contributed by atoms with van der Waals surface area (Å²) in [6.45, 7) is 0.261. The van der Waals surface area contributed by atoms with Gasteiger partial charge < -0.3 is 4.57 Å². The molecule has 138 valence electrons. The summed E-state index contributed by atoms with van der Waals surface area (Å²) in [6.07, 6.45) is 5.03. The molecule has 2 aliphatic heterocycles. The summed E-state index contributed by atoms with van der Waals surface area (Å²) in [5.41, 5.74) is 1.71. The lowest BCUT2D eigenvalue weighted by Gasteiger charge is -2.15. The summed E-state index contributed by atoms with van der Waals surface area (Å²) in [5.74, 6) is -1.21. The number of aromatic amines is 1. The highest BCUT2D eigenvalue weighted by Crippen LogP contribution is 2.31. The number of hydrogen-bond acceptors (Lipinski definition) is 3. The molecule has 0 bridgehead atoms. The van der Waals surface area contributed by atoms with Crippen LogP contribution in [0.4, 0.5) is 8.78 Å². The van der Waals surface area contributed by atoms with Gasteiger partial charge >= 0.3 is 0 Å². The Morgan fingerprint density at radius 1 is 1.04 bits per heavy atom. The van der Waals surface area contributed by atoms with Crippen LogP contribution in [0.2, 0.25) is 0 Å². The van der Waals surface area contributed by atoms with Crippen LogP contribution in [0.5, 0.6) is 0 Å². The van der Waals surface area contributed by atoms with E-state index in [0.29, 0.717) is 0 Å². The van der Waals surface area contributed by atoms with Gasteiger partial charge in [0, 0.05) is 25.1 Å². The third-order valence-electron chi connectivity index (χ3n) is 4.71. The van der Waals surface area contributed by atoms with Gasteiger partial charge in [-0.15, -0.1) is 0 Å². The van der Waals surface area contributed by atoms with Crippen LogP contribution in [0.1, 0.15) is 5.56 Å². The fourth-order valence-electron chi connectivity index (χ4n) is 3.41. The highest BCUT2D eigenvalue weighted by Gasteiger charge is 2.22. The Labute approximate surface area is 157 Å². The second-order valence-electron chi connectivity index (χ2n) is 6.44. The zero-order valence-corrected chi connectivity index (χ0v) is 14.4. The average Bonchev–Trinajstić information content (AvgIpc) is 3.36. The third kappa shape index (κ3) is 2.50. The van der Waals surface area contributed by atoms with Gasteiger partial charge in [0.15, 0.2) is 0 Å². The van der Waals surface area contributed by atoms with Crippen molar-refractivity contribution in [1.29, 1.82) is 0 Å². The first-order chi connectivity index (χ1) is 13.6. The van der Waals surface area contributed by atoms with E-state index < -0.39 is 17.2 Å². The predicted octanol–water partition coefficient (Wildman–Crippen LogP) is 3.34. The quantitative estimate of drug-likeness (QED) is 0.524. The van der Waals surface area contributed by atoms with E-state index >= 15 is 0 Å². The molecule has 6 nitrogen and oxygen atoms in total. The molecule has 0 atom stereocenters. The lowest BCUT2D eigenvalue weighted by molar-refractivity contribution is 0.607. The Hall–Kier alpha value is -3.81. The highest BCUT2D eigenvalue weighted by atomic mass is 19.1. The first-order valence-electron chi connectivity index (χ1n) is 8.56. The summed E-state index contributed by atoms with van der Waals surface area (Å²) in [4.78, 5) is 12.0. The number of hydrogen-bond donors (Lipinski definition) is 1. The number of H-pyrrole nitrogens is 1.